The molecule has 0 aromatic heterocycles. The predicted octanol–water partition coefficient (Wildman–Crippen LogP) is 3.13. The molecule has 1 atom stereocenters. The van der Waals surface area contributed by atoms with E-state index in [0.29, 0.717) is 31.4 Å². The van der Waals surface area contributed by atoms with Crippen LogP contribution in [0.4, 0.5) is 5.69 Å². The van der Waals surface area contributed by atoms with Crippen molar-refractivity contribution in [3.8, 4) is 0 Å². The van der Waals surface area contributed by atoms with Gasteiger partial charge in [-0.2, -0.15) is 4.99 Å². The minimum atomic E-state index is -0.447. The summed E-state index contributed by atoms with van der Waals surface area (Å²) in [5.74, 6) is -0.690. The molecule has 1 aromatic carbocycles. The third-order valence-electron chi connectivity index (χ3n) is 4.20. The second-order valence-corrected chi connectivity index (χ2v) is 8.03. The van der Waals surface area contributed by atoms with E-state index >= 15 is 0 Å². The molecule has 2 aliphatic rings. The highest BCUT2D eigenvalue weighted by molar-refractivity contribution is 8.18. The van der Waals surface area contributed by atoms with E-state index in [2.05, 4.69) is 20.5 Å². The van der Waals surface area contributed by atoms with Crippen LogP contribution in [0.2, 0.25) is 10.0 Å². The fourth-order valence-corrected chi connectivity index (χ4v) is 4.12. The van der Waals surface area contributed by atoms with Crippen molar-refractivity contribution in [2.45, 2.75) is 19.4 Å². The van der Waals surface area contributed by atoms with Crippen LogP contribution in [0.5, 0.6) is 0 Å². The molecule has 138 valence electrons. The number of anilines is 1. The first-order chi connectivity index (χ1) is 12.3. The number of likely N-dealkylation sites (tertiary alicyclic amines) is 1. The maximum absolute atomic E-state index is 12.4. The molecule has 9 heteroatoms. The van der Waals surface area contributed by atoms with Gasteiger partial charge in [0.1, 0.15) is 0 Å². The second kappa shape index (κ2) is 8.00. The van der Waals surface area contributed by atoms with Crippen molar-refractivity contribution in [3.05, 3.63) is 38.7 Å². The lowest BCUT2D eigenvalue weighted by molar-refractivity contribution is -0.119. The first-order valence-corrected chi connectivity index (χ1v) is 9.64. The van der Waals surface area contributed by atoms with Gasteiger partial charge in [0.15, 0.2) is 5.17 Å². The Balaban J connectivity index is 1.70. The summed E-state index contributed by atoms with van der Waals surface area (Å²) in [5, 5.41) is 7.12. The highest BCUT2D eigenvalue weighted by atomic mass is 35.5. The van der Waals surface area contributed by atoms with Crippen LogP contribution in [-0.4, -0.2) is 48.1 Å². The number of para-hydroxylation sites is 1. The maximum atomic E-state index is 12.4. The number of carbonyl (C=O) groups excluding carboxylic acids is 2. The first kappa shape index (κ1) is 19.2. The molecule has 1 unspecified atom stereocenters. The number of amidine groups is 1. The number of carbonyl (C=O) groups is 2. The van der Waals surface area contributed by atoms with Crippen LogP contribution in [0, 0.1) is 0 Å². The molecule has 1 saturated heterocycles. The normalized spacial score (nSPS) is 22.4. The third kappa shape index (κ3) is 4.23. The van der Waals surface area contributed by atoms with Gasteiger partial charge in [0.25, 0.3) is 5.91 Å². The molecule has 0 spiro atoms. The molecular formula is C17H18Cl2N4O2S. The van der Waals surface area contributed by atoms with Crippen molar-refractivity contribution in [2.24, 2.45) is 4.99 Å². The standard InChI is InChI=1S/C17H18Cl2N4O2S/c1-9(15(24)20-10-6-7-23(2)8-10)14-16(25)22-17(26-14)21-13-11(18)4-3-5-12(13)19/h3-5,10H,6-8H2,1-2H3,(H,20,24)(H,21,22,25). The molecule has 26 heavy (non-hydrogen) atoms. The lowest BCUT2D eigenvalue weighted by atomic mass is 10.2. The van der Waals surface area contributed by atoms with Crippen LogP contribution in [0.3, 0.4) is 0 Å². The molecular weight excluding hydrogens is 395 g/mol. The van der Waals surface area contributed by atoms with Crippen molar-refractivity contribution in [1.82, 2.24) is 10.2 Å². The molecule has 1 aromatic rings. The lowest BCUT2D eigenvalue weighted by Crippen LogP contribution is -2.37. The number of thioether (sulfide) groups is 1. The van der Waals surface area contributed by atoms with Crippen LogP contribution >= 0.6 is 35.0 Å². The number of rotatable bonds is 3. The zero-order chi connectivity index (χ0) is 18.8. The molecule has 1 fully saturated rings. The Morgan fingerprint density at radius 2 is 2.04 bits per heavy atom. The van der Waals surface area contributed by atoms with E-state index in [9.17, 15) is 9.59 Å². The minimum Gasteiger partial charge on any atom is -0.348 e. The van der Waals surface area contributed by atoms with E-state index in [0.717, 1.165) is 31.3 Å². The van der Waals surface area contributed by atoms with Gasteiger partial charge in [-0.15, -0.1) is 0 Å². The van der Waals surface area contributed by atoms with Crippen LogP contribution in [0.1, 0.15) is 13.3 Å². The number of hydrogen-bond donors (Lipinski definition) is 2. The molecule has 0 saturated carbocycles. The molecule has 0 aliphatic carbocycles. The van der Waals surface area contributed by atoms with Crippen LogP contribution < -0.4 is 10.6 Å². The second-order valence-electron chi connectivity index (χ2n) is 6.22. The summed E-state index contributed by atoms with van der Waals surface area (Å²) >= 11 is 13.4. The van der Waals surface area contributed by atoms with Crippen molar-refractivity contribution < 1.29 is 9.59 Å². The highest BCUT2D eigenvalue weighted by Crippen LogP contribution is 2.35. The van der Waals surface area contributed by atoms with Crippen LogP contribution in [0.25, 0.3) is 0 Å². The summed E-state index contributed by atoms with van der Waals surface area (Å²) < 4.78 is 0. The molecule has 2 amide bonds. The Hall–Kier alpha value is -1.54. The number of hydrogen-bond acceptors (Lipinski definition) is 5. The minimum absolute atomic E-state index is 0.102. The van der Waals surface area contributed by atoms with E-state index < -0.39 is 5.91 Å². The SMILES string of the molecule is CC(C(=O)NC1CCN(C)C1)=C1SC(Nc2c(Cl)cccc2Cl)=NC1=O. The van der Waals surface area contributed by atoms with Gasteiger partial charge >= 0.3 is 0 Å². The van der Waals surface area contributed by atoms with Crippen molar-refractivity contribution in [3.63, 3.8) is 0 Å². The lowest BCUT2D eigenvalue weighted by Gasteiger charge is -2.13. The average Bonchev–Trinajstić information content (AvgIpc) is 3.16. The number of nitrogens with zero attached hydrogens (tertiary/aromatic N) is 2. The molecule has 0 bridgehead atoms. The van der Waals surface area contributed by atoms with E-state index in [-0.39, 0.29) is 11.9 Å². The Bertz CT molecular complexity index is 805. The Labute approximate surface area is 166 Å². The first-order valence-electron chi connectivity index (χ1n) is 8.07. The van der Waals surface area contributed by atoms with E-state index in [4.69, 9.17) is 23.2 Å². The fourth-order valence-electron chi connectivity index (χ4n) is 2.77. The van der Waals surface area contributed by atoms with Gasteiger partial charge in [-0.3, -0.25) is 9.59 Å². The number of likely N-dealkylation sites (N-methyl/N-ethyl adjacent to an activating group) is 1. The fraction of sp³-hybridized carbons (Fsp3) is 0.353. The number of benzene rings is 1. The summed E-state index contributed by atoms with van der Waals surface area (Å²) in [6.07, 6.45) is 0.903. The third-order valence-corrected chi connectivity index (χ3v) is 5.90. The Morgan fingerprint density at radius 3 is 2.65 bits per heavy atom. The maximum Gasteiger partial charge on any atom is 0.286 e. The number of amides is 2. The quantitative estimate of drug-likeness (QED) is 0.745. The molecule has 2 aliphatic heterocycles. The summed E-state index contributed by atoms with van der Waals surface area (Å²) in [4.78, 5) is 31.1. The van der Waals surface area contributed by atoms with Gasteiger partial charge < -0.3 is 15.5 Å². The number of nitrogens with one attached hydrogen (secondary N) is 2. The van der Waals surface area contributed by atoms with Gasteiger partial charge in [-0.05, 0) is 50.8 Å². The predicted molar refractivity (Wildman–Crippen MR) is 107 cm³/mol. The van der Waals surface area contributed by atoms with Crippen LogP contribution in [0.15, 0.2) is 33.7 Å². The van der Waals surface area contributed by atoms with Crippen LogP contribution in [-0.2, 0) is 9.59 Å². The van der Waals surface area contributed by atoms with Crippen molar-refractivity contribution in [1.29, 1.82) is 0 Å². The summed E-state index contributed by atoms with van der Waals surface area (Å²) in [6.45, 7) is 3.39. The number of halogens is 2. The van der Waals surface area contributed by atoms with E-state index in [1.165, 1.54) is 0 Å². The largest absolute Gasteiger partial charge is 0.348 e. The molecule has 2 heterocycles. The molecule has 0 radical (unpaired) electrons. The molecule has 3 rings (SSSR count). The molecule has 2 N–H and O–H groups in total. The van der Waals surface area contributed by atoms with Gasteiger partial charge in [0.05, 0.1) is 20.6 Å². The van der Waals surface area contributed by atoms with Gasteiger partial charge in [0.2, 0.25) is 5.91 Å². The van der Waals surface area contributed by atoms with Gasteiger partial charge in [-0.1, -0.05) is 29.3 Å². The zero-order valence-electron chi connectivity index (χ0n) is 14.3. The van der Waals surface area contributed by atoms with E-state index in [1.807, 2.05) is 7.05 Å². The van der Waals surface area contributed by atoms with Crippen molar-refractivity contribution >= 4 is 57.6 Å². The van der Waals surface area contributed by atoms with Gasteiger partial charge in [0, 0.05) is 18.2 Å². The van der Waals surface area contributed by atoms with E-state index in [1.54, 1.807) is 25.1 Å². The zero-order valence-corrected chi connectivity index (χ0v) is 16.6. The summed E-state index contributed by atoms with van der Waals surface area (Å²) in [7, 11) is 2.01. The number of aliphatic imine (C=N–C) groups is 1. The topological polar surface area (TPSA) is 73.8 Å². The Morgan fingerprint density at radius 1 is 1.35 bits per heavy atom. The monoisotopic (exact) mass is 412 g/mol. The summed E-state index contributed by atoms with van der Waals surface area (Å²) in [6, 6.07) is 5.20. The van der Waals surface area contributed by atoms with Gasteiger partial charge in [-0.25, -0.2) is 0 Å². The average molecular weight is 413 g/mol. The summed E-state index contributed by atoms with van der Waals surface area (Å²) in [5.41, 5.74) is 0.840. The smallest absolute Gasteiger partial charge is 0.286 e. The highest BCUT2D eigenvalue weighted by Gasteiger charge is 2.29. The van der Waals surface area contributed by atoms with Crippen molar-refractivity contribution in [2.75, 3.05) is 25.5 Å². The Kier molecular flexibility index (Phi) is 5.92. The molecule has 6 nitrogen and oxygen atoms in total.